The monoisotopic (exact) mass is 353 g/mol. The smallest absolute Gasteiger partial charge is 0.270 e. The van der Waals surface area contributed by atoms with E-state index >= 15 is 0 Å². The van der Waals surface area contributed by atoms with E-state index in [4.69, 9.17) is 0 Å². The number of aryl methyl sites for hydroxylation is 1. The van der Waals surface area contributed by atoms with E-state index in [1.165, 1.54) is 6.07 Å². The summed E-state index contributed by atoms with van der Waals surface area (Å²) in [5.41, 5.74) is 1.38. The minimum Gasteiger partial charge on any atom is -0.325 e. The molecule has 0 atom stereocenters. The number of anilines is 1. The quantitative estimate of drug-likeness (QED) is 0.504. The van der Waals surface area contributed by atoms with E-state index < -0.39 is 29.2 Å². The van der Waals surface area contributed by atoms with Gasteiger partial charge in [0.2, 0.25) is 5.91 Å². The van der Waals surface area contributed by atoms with Crippen LogP contribution in [0.1, 0.15) is 33.2 Å². The van der Waals surface area contributed by atoms with Gasteiger partial charge in [0.05, 0.1) is 16.1 Å². The zero-order valence-electron chi connectivity index (χ0n) is 13.9. The Morgan fingerprint density at radius 3 is 2.35 bits per heavy atom. The molecule has 2 aromatic rings. The van der Waals surface area contributed by atoms with E-state index in [0.29, 0.717) is 5.69 Å². The molecule has 0 saturated heterocycles. The van der Waals surface area contributed by atoms with Crippen LogP contribution in [0.25, 0.3) is 0 Å². The van der Waals surface area contributed by atoms with Crippen LogP contribution in [0, 0.1) is 10.1 Å². The fourth-order valence-corrected chi connectivity index (χ4v) is 2.70. The number of carbonyl (C=O) groups is 3. The Bertz CT molecular complexity index is 921. The molecule has 0 aliphatic carbocycles. The first-order valence-electron chi connectivity index (χ1n) is 7.94. The van der Waals surface area contributed by atoms with Crippen molar-refractivity contribution in [2.24, 2.45) is 0 Å². The Morgan fingerprint density at radius 1 is 1.08 bits per heavy atom. The number of non-ortho nitro benzene ring substituents is 1. The summed E-state index contributed by atoms with van der Waals surface area (Å²) in [5, 5.41) is 13.5. The number of amides is 3. The molecule has 0 spiro atoms. The number of hydrogen-bond donors (Lipinski definition) is 1. The molecule has 0 radical (unpaired) electrons. The zero-order chi connectivity index (χ0) is 18.8. The lowest BCUT2D eigenvalue weighted by molar-refractivity contribution is -0.384. The third-order valence-corrected chi connectivity index (χ3v) is 4.11. The third-order valence-electron chi connectivity index (χ3n) is 4.11. The number of hydrogen-bond acceptors (Lipinski definition) is 5. The van der Waals surface area contributed by atoms with Gasteiger partial charge in [0.1, 0.15) is 6.54 Å². The van der Waals surface area contributed by atoms with Gasteiger partial charge < -0.3 is 5.32 Å². The molecule has 26 heavy (non-hydrogen) atoms. The highest BCUT2D eigenvalue weighted by Crippen LogP contribution is 2.26. The first kappa shape index (κ1) is 17.3. The van der Waals surface area contributed by atoms with Crippen LogP contribution in [0.3, 0.4) is 0 Å². The molecule has 0 bridgehead atoms. The van der Waals surface area contributed by atoms with Crippen LogP contribution in [0.15, 0.2) is 42.5 Å². The summed E-state index contributed by atoms with van der Waals surface area (Å²) in [6.07, 6.45) is 0.870. The van der Waals surface area contributed by atoms with E-state index in [2.05, 4.69) is 5.32 Å². The summed E-state index contributed by atoms with van der Waals surface area (Å²) in [7, 11) is 0. The second kappa shape index (κ2) is 6.75. The molecule has 0 saturated carbocycles. The molecule has 0 unspecified atom stereocenters. The lowest BCUT2D eigenvalue weighted by Gasteiger charge is -2.13. The highest BCUT2D eigenvalue weighted by Gasteiger charge is 2.37. The SMILES string of the molecule is CCc1ccc(NC(=O)CN2C(=O)c3ccc([N+](=O)[O-])cc3C2=O)cc1. The van der Waals surface area contributed by atoms with Gasteiger partial charge in [0.15, 0.2) is 0 Å². The number of nitro benzene ring substituents is 1. The maximum atomic E-state index is 12.4. The van der Waals surface area contributed by atoms with E-state index in [0.717, 1.165) is 29.0 Å². The van der Waals surface area contributed by atoms with Crippen LogP contribution in [-0.4, -0.2) is 34.1 Å². The third kappa shape index (κ3) is 3.16. The van der Waals surface area contributed by atoms with Crippen LogP contribution >= 0.6 is 0 Å². The first-order valence-corrected chi connectivity index (χ1v) is 7.94. The number of nitro groups is 1. The lowest BCUT2D eigenvalue weighted by Crippen LogP contribution is -2.37. The molecular formula is C18H15N3O5. The zero-order valence-corrected chi connectivity index (χ0v) is 13.9. The molecule has 0 aromatic heterocycles. The minimum atomic E-state index is -0.717. The fourth-order valence-electron chi connectivity index (χ4n) is 2.70. The number of fused-ring (bicyclic) bond motifs is 1. The van der Waals surface area contributed by atoms with Gasteiger partial charge in [-0.25, -0.2) is 0 Å². The first-order chi connectivity index (χ1) is 12.4. The Balaban J connectivity index is 1.73. The number of nitrogens with zero attached hydrogens (tertiary/aromatic N) is 2. The van der Waals surface area contributed by atoms with Crippen LogP contribution < -0.4 is 5.32 Å². The molecule has 0 fully saturated rings. The highest BCUT2D eigenvalue weighted by atomic mass is 16.6. The maximum absolute atomic E-state index is 12.4. The average molecular weight is 353 g/mol. The van der Waals surface area contributed by atoms with Crippen molar-refractivity contribution in [3.8, 4) is 0 Å². The van der Waals surface area contributed by atoms with Crippen molar-refractivity contribution in [2.45, 2.75) is 13.3 Å². The molecule has 8 heteroatoms. The summed E-state index contributed by atoms with van der Waals surface area (Å²) < 4.78 is 0. The van der Waals surface area contributed by atoms with E-state index in [-0.39, 0.29) is 16.8 Å². The molecule has 8 nitrogen and oxygen atoms in total. The summed E-state index contributed by atoms with van der Waals surface area (Å²) in [5.74, 6) is -1.89. The Labute approximate surface area is 148 Å². The van der Waals surface area contributed by atoms with Crippen LogP contribution in [-0.2, 0) is 11.2 Å². The molecule has 3 rings (SSSR count). The van der Waals surface area contributed by atoms with Crippen molar-refractivity contribution in [1.29, 1.82) is 0 Å². The molecule has 1 heterocycles. The number of benzene rings is 2. The minimum absolute atomic E-state index is 0.0562. The van der Waals surface area contributed by atoms with Crippen molar-refractivity contribution >= 4 is 29.1 Å². The fraction of sp³-hybridized carbons (Fsp3) is 0.167. The summed E-state index contributed by atoms with van der Waals surface area (Å²) in [6.45, 7) is 1.55. The summed E-state index contributed by atoms with van der Waals surface area (Å²) >= 11 is 0. The second-order valence-corrected chi connectivity index (χ2v) is 5.78. The predicted molar refractivity (Wildman–Crippen MR) is 92.9 cm³/mol. The molecule has 2 aromatic carbocycles. The number of nitrogens with one attached hydrogen (secondary N) is 1. The number of rotatable bonds is 5. The molecule has 1 aliphatic heterocycles. The van der Waals surface area contributed by atoms with Gasteiger partial charge in [-0.1, -0.05) is 19.1 Å². The van der Waals surface area contributed by atoms with Crippen LogP contribution in [0.5, 0.6) is 0 Å². The van der Waals surface area contributed by atoms with Crippen LogP contribution in [0.2, 0.25) is 0 Å². The van der Waals surface area contributed by atoms with Crippen molar-refractivity contribution in [3.05, 3.63) is 69.3 Å². The Hall–Kier alpha value is -3.55. The average Bonchev–Trinajstić information content (AvgIpc) is 2.87. The highest BCUT2D eigenvalue weighted by molar-refractivity contribution is 6.23. The Kier molecular flexibility index (Phi) is 4.49. The van der Waals surface area contributed by atoms with Gasteiger partial charge in [-0.05, 0) is 30.2 Å². The summed E-state index contributed by atoms with van der Waals surface area (Å²) in [4.78, 5) is 47.8. The number of carbonyl (C=O) groups excluding carboxylic acids is 3. The molecule has 3 amide bonds. The number of imide groups is 1. The largest absolute Gasteiger partial charge is 0.325 e. The standard InChI is InChI=1S/C18H15N3O5/c1-2-11-3-5-12(6-4-11)19-16(22)10-20-17(23)14-8-7-13(21(25)26)9-15(14)18(20)24/h3-9H,2,10H2,1H3,(H,19,22). The van der Waals surface area contributed by atoms with Gasteiger partial charge in [0, 0.05) is 17.8 Å². The van der Waals surface area contributed by atoms with Crippen molar-refractivity contribution in [2.75, 3.05) is 11.9 Å². The van der Waals surface area contributed by atoms with Gasteiger partial charge in [-0.3, -0.25) is 29.4 Å². The van der Waals surface area contributed by atoms with E-state index in [1.54, 1.807) is 12.1 Å². The predicted octanol–water partition coefficient (Wildman–Crippen LogP) is 2.39. The summed E-state index contributed by atoms with van der Waals surface area (Å²) in [6, 6.07) is 10.7. The van der Waals surface area contributed by atoms with Crippen LogP contribution in [0.4, 0.5) is 11.4 Å². The molecule has 132 valence electrons. The molecular weight excluding hydrogens is 338 g/mol. The van der Waals surface area contributed by atoms with Crippen molar-refractivity contribution in [1.82, 2.24) is 4.90 Å². The van der Waals surface area contributed by atoms with Gasteiger partial charge in [0.25, 0.3) is 17.5 Å². The molecule has 1 N–H and O–H groups in total. The lowest BCUT2D eigenvalue weighted by atomic mass is 10.1. The molecule has 1 aliphatic rings. The van der Waals surface area contributed by atoms with Crippen molar-refractivity contribution in [3.63, 3.8) is 0 Å². The maximum Gasteiger partial charge on any atom is 0.270 e. The van der Waals surface area contributed by atoms with E-state index in [9.17, 15) is 24.5 Å². The van der Waals surface area contributed by atoms with E-state index in [1.807, 2.05) is 19.1 Å². The normalized spacial score (nSPS) is 12.9. The second-order valence-electron chi connectivity index (χ2n) is 5.78. The van der Waals surface area contributed by atoms with Crippen molar-refractivity contribution < 1.29 is 19.3 Å². The Morgan fingerprint density at radius 2 is 1.73 bits per heavy atom. The van der Waals surface area contributed by atoms with Gasteiger partial charge >= 0.3 is 0 Å². The van der Waals surface area contributed by atoms with Gasteiger partial charge in [-0.2, -0.15) is 0 Å². The van der Waals surface area contributed by atoms with Gasteiger partial charge in [-0.15, -0.1) is 0 Å². The topological polar surface area (TPSA) is 110 Å².